The van der Waals surface area contributed by atoms with Crippen LogP contribution in [0, 0.1) is 0 Å². The Hall–Kier alpha value is -1.89. The number of aromatic carboxylic acids is 1. The first-order chi connectivity index (χ1) is 7.06. The predicted molar refractivity (Wildman–Crippen MR) is 50.2 cm³/mol. The molecule has 82 valence electrons. The van der Waals surface area contributed by atoms with Crippen LogP contribution in [0.5, 0.6) is 0 Å². The Bertz CT molecular complexity index is 473. The van der Waals surface area contributed by atoms with Crippen molar-refractivity contribution in [3.8, 4) is 0 Å². The van der Waals surface area contributed by atoms with Crippen molar-refractivity contribution in [2.24, 2.45) is 0 Å². The van der Waals surface area contributed by atoms with Crippen molar-refractivity contribution < 1.29 is 14.6 Å². The number of hydrogen-bond acceptors (Lipinski definition) is 4. The number of aromatic nitrogens is 2. The highest BCUT2D eigenvalue weighted by Gasteiger charge is 2.10. The Morgan fingerprint density at radius 3 is 2.80 bits per heavy atom. The SMILES string of the molecule is COCCn1cc(C(=O)O)c(=O)[nH]c1=O. The van der Waals surface area contributed by atoms with Gasteiger partial charge in [0.15, 0.2) is 0 Å². The lowest BCUT2D eigenvalue weighted by Gasteiger charge is -2.04. The minimum atomic E-state index is -1.37. The molecule has 0 aliphatic carbocycles. The summed E-state index contributed by atoms with van der Waals surface area (Å²) in [6.07, 6.45) is 1.00. The lowest BCUT2D eigenvalue weighted by Crippen LogP contribution is -2.34. The fraction of sp³-hybridized carbons (Fsp3) is 0.375. The number of hydrogen-bond donors (Lipinski definition) is 2. The zero-order valence-corrected chi connectivity index (χ0v) is 8.02. The molecule has 15 heavy (non-hydrogen) atoms. The van der Waals surface area contributed by atoms with E-state index < -0.39 is 22.8 Å². The molecule has 1 aromatic heterocycles. The summed E-state index contributed by atoms with van der Waals surface area (Å²) >= 11 is 0. The molecule has 0 saturated carbocycles. The lowest BCUT2D eigenvalue weighted by molar-refractivity contribution is 0.0693. The number of nitrogens with zero attached hydrogens (tertiary/aromatic N) is 1. The maximum absolute atomic E-state index is 11.2. The van der Waals surface area contributed by atoms with E-state index in [9.17, 15) is 14.4 Å². The van der Waals surface area contributed by atoms with Crippen molar-refractivity contribution >= 4 is 5.97 Å². The minimum Gasteiger partial charge on any atom is -0.477 e. The van der Waals surface area contributed by atoms with Crippen LogP contribution >= 0.6 is 0 Å². The summed E-state index contributed by atoms with van der Waals surface area (Å²) in [5.74, 6) is -1.37. The van der Waals surface area contributed by atoms with Gasteiger partial charge in [0.25, 0.3) is 5.56 Å². The Kier molecular flexibility index (Phi) is 3.40. The molecular weight excluding hydrogens is 204 g/mol. The largest absolute Gasteiger partial charge is 0.477 e. The van der Waals surface area contributed by atoms with Crippen LogP contribution in [-0.4, -0.2) is 34.3 Å². The number of H-pyrrole nitrogens is 1. The van der Waals surface area contributed by atoms with E-state index in [0.717, 1.165) is 10.8 Å². The fourth-order valence-corrected chi connectivity index (χ4v) is 1.02. The number of aromatic amines is 1. The van der Waals surface area contributed by atoms with E-state index in [4.69, 9.17) is 9.84 Å². The lowest BCUT2D eigenvalue weighted by atomic mass is 10.3. The number of carboxylic acid groups (broad SMARTS) is 1. The molecule has 7 nitrogen and oxygen atoms in total. The Balaban J connectivity index is 3.18. The van der Waals surface area contributed by atoms with Gasteiger partial charge in [0, 0.05) is 13.3 Å². The van der Waals surface area contributed by atoms with Crippen molar-refractivity contribution in [3.05, 3.63) is 32.6 Å². The topological polar surface area (TPSA) is 101 Å². The normalized spacial score (nSPS) is 10.2. The van der Waals surface area contributed by atoms with Crippen LogP contribution < -0.4 is 11.2 Å². The first-order valence-corrected chi connectivity index (χ1v) is 4.12. The standard InChI is InChI=1S/C8H10N2O5/c1-15-3-2-10-4-5(7(12)13)6(11)9-8(10)14/h4H,2-3H2,1H3,(H,12,13)(H,9,11,14). The van der Waals surface area contributed by atoms with Crippen molar-refractivity contribution in [1.29, 1.82) is 0 Å². The monoisotopic (exact) mass is 214 g/mol. The Morgan fingerprint density at radius 1 is 1.60 bits per heavy atom. The summed E-state index contributed by atoms with van der Waals surface area (Å²) in [6.45, 7) is 0.442. The maximum atomic E-state index is 11.2. The molecule has 1 heterocycles. The second-order valence-corrected chi connectivity index (χ2v) is 2.79. The van der Waals surface area contributed by atoms with Gasteiger partial charge in [-0.25, -0.2) is 9.59 Å². The second kappa shape index (κ2) is 4.56. The van der Waals surface area contributed by atoms with Gasteiger partial charge in [0.2, 0.25) is 0 Å². The molecular formula is C8H10N2O5. The molecule has 0 radical (unpaired) electrons. The summed E-state index contributed by atoms with van der Waals surface area (Å²) in [7, 11) is 1.45. The molecule has 2 N–H and O–H groups in total. The molecule has 7 heteroatoms. The average molecular weight is 214 g/mol. The first kappa shape index (κ1) is 11.2. The molecule has 0 atom stereocenters. The van der Waals surface area contributed by atoms with E-state index >= 15 is 0 Å². The highest BCUT2D eigenvalue weighted by atomic mass is 16.5. The molecule has 0 saturated heterocycles. The van der Waals surface area contributed by atoms with E-state index in [0.29, 0.717) is 0 Å². The number of methoxy groups -OCH3 is 1. The molecule has 0 aromatic carbocycles. The Morgan fingerprint density at radius 2 is 2.27 bits per heavy atom. The predicted octanol–water partition coefficient (Wildman–Crippen LogP) is -1.12. The van der Waals surface area contributed by atoms with E-state index in [2.05, 4.69) is 0 Å². The molecule has 1 aromatic rings. The first-order valence-electron chi connectivity index (χ1n) is 4.12. The Labute approximate surface area is 83.9 Å². The second-order valence-electron chi connectivity index (χ2n) is 2.79. The van der Waals surface area contributed by atoms with Crippen molar-refractivity contribution in [3.63, 3.8) is 0 Å². The molecule has 0 amide bonds. The number of nitrogens with one attached hydrogen (secondary N) is 1. The van der Waals surface area contributed by atoms with E-state index in [1.54, 1.807) is 0 Å². The van der Waals surface area contributed by atoms with Crippen LogP contribution in [-0.2, 0) is 11.3 Å². The van der Waals surface area contributed by atoms with Gasteiger partial charge in [-0.1, -0.05) is 0 Å². The van der Waals surface area contributed by atoms with Gasteiger partial charge in [-0.3, -0.25) is 14.3 Å². The van der Waals surface area contributed by atoms with Crippen LogP contribution in [0.3, 0.4) is 0 Å². The van der Waals surface area contributed by atoms with Crippen LogP contribution in [0.15, 0.2) is 15.8 Å². The van der Waals surface area contributed by atoms with Gasteiger partial charge in [-0.15, -0.1) is 0 Å². The molecule has 0 spiro atoms. The highest BCUT2D eigenvalue weighted by molar-refractivity contribution is 5.86. The summed E-state index contributed by atoms with van der Waals surface area (Å²) in [4.78, 5) is 34.7. The third-order valence-electron chi connectivity index (χ3n) is 1.78. The van der Waals surface area contributed by atoms with Crippen LogP contribution in [0.25, 0.3) is 0 Å². The van der Waals surface area contributed by atoms with Gasteiger partial charge < -0.3 is 9.84 Å². The fourth-order valence-electron chi connectivity index (χ4n) is 1.02. The zero-order chi connectivity index (χ0) is 11.4. The van der Waals surface area contributed by atoms with Crippen LogP contribution in [0.2, 0.25) is 0 Å². The smallest absolute Gasteiger partial charge is 0.342 e. The summed E-state index contributed by atoms with van der Waals surface area (Å²) in [5.41, 5.74) is -2.02. The summed E-state index contributed by atoms with van der Waals surface area (Å²) in [6, 6.07) is 0. The summed E-state index contributed by atoms with van der Waals surface area (Å²) < 4.78 is 5.81. The molecule has 0 aliphatic heterocycles. The van der Waals surface area contributed by atoms with E-state index in [1.165, 1.54) is 7.11 Å². The van der Waals surface area contributed by atoms with E-state index in [1.807, 2.05) is 4.98 Å². The van der Waals surface area contributed by atoms with Crippen molar-refractivity contribution in [1.82, 2.24) is 9.55 Å². The number of carboxylic acids is 1. The molecule has 0 fully saturated rings. The molecule has 1 rings (SSSR count). The number of carbonyl (C=O) groups is 1. The number of rotatable bonds is 4. The molecule has 0 unspecified atom stereocenters. The van der Waals surface area contributed by atoms with Gasteiger partial charge in [0.05, 0.1) is 13.2 Å². The van der Waals surface area contributed by atoms with Gasteiger partial charge in [0.1, 0.15) is 5.56 Å². The van der Waals surface area contributed by atoms with Crippen LogP contribution in [0.4, 0.5) is 0 Å². The van der Waals surface area contributed by atoms with Crippen molar-refractivity contribution in [2.75, 3.05) is 13.7 Å². The zero-order valence-electron chi connectivity index (χ0n) is 8.02. The van der Waals surface area contributed by atoms with Gasteiger partial charge in [-0.05, 0) is 0 Å². The number of ether oxygens (including phenoxy) is 1. The quantitative estimate of drug-likeness (QED) is 0.661. The van der Waals surface area contributed by atoms with Crippen molar-refractivity contribution in [2.45, 2.75) is 6.54 Å². The molecule has 0 aliphatic rings. The average Bonchev–Trinajstić information content (AvgIpc) is 2.16. The van der Waals surface area contributed by atoms with E-state index in [-0.39, 0.29) is 13.2 Å². The molecule has 0 bridgehead atoms. The third-order valence-corrected chi connectivity index (χ3v) is 1.78. The van der Waals surface area contributed by atoms with Crippen LogP contribution in [0.1, 0.15) is 10.4 Å². The minimum absolute atomic E-state index is 0.187. The summed E-state index contributed by atoms with van der Waals surface area (Å²) in [5, 5.41) is 8.64. The van der Waals surface area contributed by atoms with Gasteiger partial charge >= 0.3 is 11.7 Å². The van der Waals surface area contributed by atoms with Gasteiger partial charge in [-0.2, -0.15) is 0 Å². The highest BCUT2D eigenvalue weighted by Crippen LogP contribution is 1.88. The maximum Gasteiger partial charge on any atom is 0.342 e. The third kappa shape index (κ3) is 2.53.